The lowest BCUT2D eigenvalue weighted by Gasteiger charge is -2.15. The zero-order valence-electron chi connectivity index (χ0n) is 9.97. The number of nitrogens with one attached hydrogen (secondary N) is 1. The minimum absolute atomic E-state index is 0.0535. The van der Waals surface area contributed by atoms with Crippen molar-refractivity contribution in [1.82, 2.24) is 5.32 Å². The van der Waals surface area contributed by atoms with Crippen molar-refractivity contribution in [3.8, 4) is 5.75 Å². The predicted molar refractivity (Wildman–Crippen MR) is 64.7 cm³/mol. The molecular weight excluding hydrogens is 220 g/mol. The van der Waals surface area contributed by atoms with Crippen LogP contribution in [-0.2, 0) is 0 Å². The maximum Gasteiger partial charge on any atom is 0.252 e. The van der Waals surface area contributed by atoms with Crippen molar-refractivity contribution < 1.29 is 15.0 Å². The van der Waals surface area contributed by atoms with Gasteiger partial charge in [0.2, 0.25) is 0 Å². The Labute approximate surface area is 100 Å². The minimum atomic E-state index is -0.731. The van der Waals surface area contributed by atoms with Gasteiger partial charge in [-0.05, 0) is 17.7 Å². The molecule has 0 aliphatic carbocycles. The molecule has 1 aromatic rings. The predicted octanol–water partition coefficient (Wildman–Crippen LogP) is 0.523. The summed E-state index contributed by atoms with van der Waals surface area (Å²) in [6, 6.07) is 4.60. The van der Waals surface area contributed by atoms with Gasteiger partial charge < -0.3 is 21.3 Å². The maximum atomic E-state index is 10.9. The molecule has 0 aliphatic rings. The lowest BCUT2D eigenvalue weighted by Crippen LogP contribution is -2.27. The molecule has 1 rings (SSSR count). The van der Waals surface area contributed by atoms with Crippen molar-refractivity contribution in [2.24, 2.45) is 5.73 Å². The number of carbonyl (C=O) groups excluding carboxylic acids is 1. The van der Waals surface area contributed by atoms with Crippen LogP contribution >= 0.6 is 0 Å². The van der Waals surface area contributed by atoms with E-state index in [2.05, 4.69) is 5.32 Å². The van der Waals surface area contributed by atoms with Gasteiger partial charge in [0.25, 0.3) is 5.91 Å². The van der Waals surface area contributed by atoms with E-state index in [-0.39, 0.29) is 17.4 Å². The standard InChI is InChI=1S/C12H18N2O3/c1-7(2)14-6-11(16)8-3-4-9(12(13)17)10(15)5-8/h3-5,7,11,14-16H,6H2,1-2H3,(H2,13,17). The number of benzene rings is 1. The Morgan fingerprint density at radius 2 is 2.12 bits per heavy atom. The molecule has 17 heavy (non-hydrogen) atoms. The van der Waals surface area contributed by atoms with E-state index < -0.39 is 12.0 Å². The number of aliphatic hydroxyl groups excluding tert-OH is 1. The summed E-state index contributed by atoms with van der Waals surface area (Å²) in [5, 5.41) is 22.5. The topological polar surface area (TPSA) is 95.6 Å². The summed E-state index contributed by atoms with van der Waals surface area (Å²) in [5.74, 6) is -0.901. The van der Waals surface area contributed by atoms with Crippen LogP contribution in [0, 0.1) is 0 Å². The Balaban J connectivity index is 2.79. The molecule has 0 heterocycles. The number of amides is 1. The first-order valence-electron chi connectivity index (χ1n) is 5.46. The largest absolute Gasteiger partial charge is 0.507 e. The second kappa shape index (κ2) is 5.65. The van der Waals surface area contributed by atoms with Crippen LogP contribution in [0.25, 0.3) is 0 Å². The van der Waals surface area contributed by atoms with Crippen LogP contribution in [0.15, 0.2) is 18.2 Å². The quantitative estimate of drug-likeness (QED) is 0.601. The maximum absolute atomic E-state index is 10.9. The van der Waals surface area contributed by atoms with Gasteiger partial charge in [0.05, 0.1) is 11.7 Å². The van der Waals surface area contributed by atoms with E-state index in [9.17, 15) is 15.0 Å². The Morgan fingerprint density at radius 1 is 1.47 bits per heavy atom. The number of primary amides is 1. The van der Waals surface area contributed by atoms with Gasteiger partial charge in [0.15, 0.2) is 0 Å². The van der Waals surface area contributed by atoms with Crippen LogP contribution in [0.2, 0.25) is 0 Å². The molecule has 5 nitrogen and oxygen atoms in total. The molecule has 0 fully saturated rings. The summed E-state index contributed by atoms with van der Waals surface area (Å²) in [4.78, 5) is 10.9. The third-order valence-electron chi connectivity index (χ3n) is 2.39. The Bertz CT molecular complexity index is 405. The van der Waals surface area contributed by atoms with Crippen LogP contribution in [0.3, 0.4) is 0 Å². The SMILES string of the molecule is CC(C)NCC(O)c1ccc(C(N)=O)c(O)c1. The summed E-state index contributed by atoms with van der Waals surface area (Å²) in [6.45, 7) is 4.33. The molecule has 0 aliphatic heterocycles. The monoisotopic (exact) mass is 238 g/mol. The van der Waals surface area contributed by atoms with Crippen molar-refractivity contribution in [1.29, 1.82) is 0 Å². The summed E-state index contributed by atoms with van der Waals surface area (Å²) < 4.78 is 0. The highest BCUT2D eigenvalue weighted by atomic mass is 16.3. The number of hydrogen-bond acceptors (Lipinski definition) is 4. The number of carbonyl (C=O) groups is 1. The zero-order valence-corrected chi connectivity index (χ0v) is 9.97. The van der Waals surface area contributed by atoms with Crippen LogP contribution in [0.5, 0.6) is 5.75 Å². The van der Waals surface area contributed by atoms with E-state index in [1.54, 1.807) is 6.07 Å². The van der Waals surface area contributed by atoms with Gasteiger partial charge in [-0.15, -0.1) is 0 Å². The van der Waals surface area contributed by atoms with E-state index >= 15 is 0 Å². The fraction of sp³-hybridized carbons (Fsp3) is 0.417. The van der Waals surface area contributed by atoms with E-state index in [1.165, 1.54) is 12.1 Å². The Kier molecular flexibility index (Phi) is 4.48. The molecule has 0 spiro atoms. The molecule has 94 valence electrons. The summed E-state index contributed by atoms with van der Waals surface area (Å²) in [6.07, 6.45) is -0.731. The van der Waals surface area contributed by atoms with E-state index in [4.69, 9.17) is 5.73 Å². The van der Waals surface area contributed by atoms with Crippen LogP contribution in [0.4, 0.5) is 0 Å². The molecule has 0 aromatic heterocycles. The van der Waals surface area contributed by atoms with E-state index in [1.807, 2.05) is 13.8 Å². The molecule has 0 radical (unpaired) electrons. The van der Waals surface area contributed by atoms with Crippen molar-refractivity contribution in [2.45, 2.75) is 26.0 Å². The van der Waals surface area contributed by atoms with Gasteiger partial charge in [-0.3, -0.25) is 4.79 Å². The molecule has 0 saturated carbocycles. The van der Waals surface area contributed by atoms with Crippen LogP contribution in [-0.4, -0.2) is 28.7 Å². The Hall–Kier alpha value is -1.59. The average Bonchev–Trinajstić information content (AvgIpc) is 2.25. The first-order chi connectivity index (χ1) is 7.91. The third kappa shape index (κ3) is 3.72. The molecule has 1 amide bonds. The van der Waals surface area contributed by atoms with Gasteiger partial charge >= 0.3 is 0 Å². The number of aliphatic hydroxyl groups is 1. The van der Waals surface area contributed by atoms with E-state index in [0.29, 0.717) is 12.1 Å². The molecular formula is C12H18N2O3. The second-order valence-corrected chi connectivity index (χ2v) is 4.22. The van der Waals surface area contributed by atoms with Crippen molar-refractivity contribution >= 4 is 5.91 Å². The second-order valence-electron chi connectivity index (χ2n) is 4.22. The fourth-order valence-corrected chi connectivity index (χ4v) is 1.43. The third-order valence-corrected chi connectivity index (χ3v) is 2.39. The van der Waals surface area contributed by atoms with Gasteiger partial charge in [0.1, 0.15) is 5.75 Å². The van der Waals surface area contributed by atoms with Crippen molar-refractivity contribution in [2.75, 3.05) is 6.54 Å². The highest BCUT2D eigenvalue weighted by Crippen LogP contribution is 2.22. The average molecular weight is 238 g/mol. The highest BCUT2D eigenvalue weighted by Gasteiger charge is 2.12. The number of nitrogens with two attached hydrogens (primary N) is 1. The first kappa shape index (κ1) is 13.5. The van der Waals surface area contributed by atoms with Crippen molar-refractivity contribution in [3.05, 3.63) is 29.3 Å². The smallest absolute Gasteiger partial charge is 0.252 e. The molecule has 1 unspecified atom stereocenters. The summed E-state index contributed by atoms with van der Waals surface area (Å²) in [7, 11) is 0. The zero-order chi connectivity index (χ0) is 13.0. The summed E-state index contributed by atoms with van der Waals surface area (Å²) in [5.41, 5.74) is 5.66. The number of rotatable bonds is 5. The lowest BCUT2D eigenvalue weighted by molar-refractivity contribution is 0.0997. The number of hydrogen-bond donors (Lipinski definition) is 4. The summed E-state index contributed by atoms with van der Waals surface area (Å²) >= 11 is 0. The Morgan fingerprint density at radius 3 is 2.59 bits per heavy atom. The molecule has 1 aromatic carbocycles. The van der Waals surface area contributed by atoms with E-state index in [0.717, 1.165) is 0 Å². The highest BCUT2D eigenvalue weighted by molar-refractivity contribution is 5.95. The molecule has 0 saturated heterocycles. The first-order valence-corrected chi connectivity index (χ1v) is 5.46. The van der Waals surface area contributed by atoms with Gasteiger partial charge in [-0.1, -0.05) is 19.9 Å². The molecule has 5 N–H and O–H groups in total. The van der Waals surface area contributed by atoms with Crippen LogP contribution < -0.4 is 11.1 Å². The minimum Gasteiger partial charge on any atom is -0.507 e. The van der Waals surface area contributed by atoms with Gasteiger partial charge in [-0.2, -0.15) is 0 Å². The van der Waals surface area contributed by atoms with Gasteiger partial charge in [-0.25, -0.2) is 0 Å². The number of aromatic hydroxyl groups is 1. The lowest BCUT2D eigenvalue weighted by atomic mass is 10.1. The van der Waals surface area contributed by atoms with Gasteiger partial charge in [0, 0.05) is 12.6 Å². The molecule has 5 heteroatoms. The molecule has 0 bridgehead atoms. The van der Waals surface area contributed by atoms with Crippen LogP contribution in [0.1, 0.15) is 35.9 Å². The van der Waals surface area contributed by atoms with Crippen molar-refractivity contribution in [3.63, 3.8) is 0 Å². The fourth-order valence-electron chi connectivity index (χ4n) is 1.43. The normalized spacial score (nSPS) is 12.7. The number of phenols is 1. The molecule has 1 atom stereocenters.